The van der Waals surface area contributed by atoms with E-state index < -0.39 is 0 Å². The van der Waals surface area contributed by atoms with E-state index in [2.05, 4.69) is 11.9 Å². The minimum Gasteiger partial charge on any atom is -0.356 e. The Morgan fingerprint density at radius 2 is 2.27 bits per heavy atom. The third kappa shape index (κ3) is 2.61. The molecule has 1 N–H and O–H groups in total. The van der Waals surface area contributed by atoms with Crippen molar-refractivity contribution in [3.8, 4) is 0 Å². The van der Waals surface area contributed by atoms with Crippen molar-refractivity contribution < 1.29 is 4.79 Å². The lowest BCUT2D eigenvalue weighted by atomic mass is 9.86. The smallest absolute Gasteiger partial charge is 0.220 e. The van der Waals surface area contributed by atoms with Gasteiger partial charge >= 0.3 is 0 Å². The Morgan fingerprint density at radius 3 is 2.87 bits per heavy atom. The predicted octanol–water partition coefficient (Wildman–Crippen LogP) is 2.51. The van der Waals surface area contributed by atoms with Crippen molar-refractivity contribution in [2.24, 2.45) is 17.8 Å². The third-order valence-corrected chi connectivity index (χ3v) is 4.00. The minimum atomic E-state index is 0.245. The summed E-state index contributed by atoms with van der Waals surface area (Å²) in [5.41, 5.74) is 0. The van der Waals surface area contributed by atoms with Crippen molar-refractivity contribution in [1.29, 1.82) is 0 Å². The van der Waals surface area contributed by atoms with Crippen molar-refractivity contribution in [2.75, 3.05) is 6.54 Å². The second-order valence-corrected chi connectivity index (χ2v) is 5.07. The van der Waals surface area contributed by atoms with E-state index in [0.29, 0.717) is 5.92 Å². The van der Waals surface area contributed by atoms with E-state index in [-0.39, 0.29) is 5.91 Å². The summed E-state index contributed by atoms with van der Waals surface area (Å²) in [6, 6.07) is 0. The Hall–Kier alpha value is -0.790. The molecule has 0 saturated heterocycles. The van der Waals surface area contributed by atoms with Gasteiger partial charge in [-0.3, -0.25) is 4.79 Å². The number of hydrogen-bond donors (Lipinski definition) is 1. The van der Waals surface area contributed by atoms with Gasteiger partial charge in [0.05, 0.1) is 0 Å². The molecule has 0 aromatic carbocycles. The van der Waals surface area contributed by atoms with Gasteiger partial charge in [0.15, 0.2) is 0 Å². The van der Waals surface area contributed by atoms with Crippen LogP contribution in [0, 0.1) is 17.8 Å². The zero-order chi connectivity index (χ0) is 10.7. The molecule has 0 heterocycles. The first-order valence-corrected chi connectivity index (χ1v) is 6.17. The molecule has 0 spiro atoms. The van der Waals surface area contributed by atoms with Crippen molar-refractivity contribution in [2.45, 2.75) is 38.5 Å². The number of fused-ring (bicyclic) bond motifs is 2. The average Bonchev–Trinajstić information content (AvgIpc) is 2.79. The molecule has 3 atom stereocenters. The maximum Gasteiger partial charge on any atom is 0.220 e. The van der Waals surface area contributed by atoms with Crippen LogP contribution in [0.15, 0.2) is 12.7 Å². The van der Waals surface area contributed by atoms with E-state index in [0.717, 1.165) is 31.2 Å². The molecule has 0 aromatic rings. The zero-order valence-electron chi connectivity index (χ0n) is 9.37. The van der Waals surface area contributed by atoms with E-state index in [4.69, 9.17) is 0 Å². The summed E-state index contributed by atoms with van der Waals surface area (Å²) >= 11 is 0. The zero-order valence-corrected chi connectivity index (χ0v) is 9.37. The van der Waals surface area contributed by atoms with E-state index in [1.807, 2.05) is 6.08 Å². The molecule has 15 heavy (non-hydrogen) atoms. The lowest BCUT2D eigenvalue weighted by Gasteiger charge is -2.20. The number of nitrogens with one attached hydrogen (secondary N) is 1. The standard InChI is InChI=1S/C13H21NO/c1-2-3-6-14-13(15)9-12-8-10-4-5-11(12)7-10/h2,10-12H,1,3-9H2,(H,14,15). The highest BCUT2D eigenvalue weighted by Crippen LogP contribution is 2.49. The molecule has 0 aliphatic heterocycles. The number of rotatable bonds is 5. The number of amides is 1. The quantitative estimate of drug-likeness (QED) is 0.544. The first-order valence-electron chi connectivity index (χ1n) is 6.17. The van der Waals surface area contributed by atoms with Gasteiger partial charge in [0.2, 0.25) is 5.91 Å². The lowest BCUT2D eigenvalue weighted by molar-refractivity contribution is -0.122. The van der Waals surface area contributed by atoms with Gasteiger partial charge in [0, 0.05) is 13.0 Å². The largest absolute Gasteiger partial charge is 0.356 e. The van der Waals surface area contributed by atoms with Crippen LogP contribution in [0.3, 0.4) is 0 Å². The van der Waals surface area contributed by atoms with E-state index in [1.165, 1.54) is 25.7 Å². The number of carbonyl (C=O) groups is 1. The van der Waals surface area contributed by atoms with Gasteiger partial charge in [-0.25, -0.2) is 0 Å². The molecule has 2 nitrogen and oxygen atoms in total. The second kappa shape index (κ2) is 4.82. The minimum absolute atomic E-state index is 0.245. The van der Waals surface area contributed by atoms with Crippen LogP contribution in [0.1, 0.15) is 38.5 Å². The topological polar surface area (TPSA) is 29.1 Å². The molecule has 0 radical (unpaired) electrons. The lowest BCUT2D eigenvalue weighted by Crippen LogP contribution is -2.27. The SMILES string of the molecule is C=CCCNC(=O)CC1CC2CCC1C2. The summed E-state index contributed by atoms with van der Waals surface area (Å²) in [5.74, 6) is 2.74. The molecule has 84 valence electrons. The third-order valence-electron chi connectivity index (χ3n) is 4.00. The van der Waals surface area contributed by atoms with Gasteiger partial charge in [-0.2, -0.15) is 0 Å². The molecule has 2 rings (SSSR count). The summed E-state index contributed by atoms with van der Waals surface area (Å²) in [6.07, 6.45) is 8.97. The molecule has 2 fully saturated rings. The van der Waals surface area contributed by atoms with Gasteiger partial charge in [0.25, 0.3) is 0 Å². The Kier molecular flexibility index (Phi) is 3.45. The fourth-order valence-electron chi connectivity index (χ4n) is 3.25. The Labute approximate surface area is 92.1 Å². The highest BCUT2D eigenvalue weighted by Gasteiger charge is 2.39. The van der Waals surface area contributed by atoms with Gasteiger partial charge in [-0.05, 0) is 43.4 Å². The summed E-state index contributed by atoms with van der Waals surface area (Å²) in [5, 5.41) is 2.96. The molecule has 2 heteroatoms. The molecule has 2 aliphatic carbocycles. The summed E-state index contributed by atoms with van der Waals surface area (Å²) in [6.45, 7) is 4.39. The van der Waals surface area contributed by atoms with Crippen LogP contribution in [-0.2, 0) is 4.79 Å². The molecule has 2 aliphatic rings. The normalized spacial score (nSPS) is 32.9. The maximum absolute atomic E-state index is 11.6. The summed E-state index contributed by atoms with van der Waals surface area (Å²) < 4.78 is 0. The van der Waals surface area contributed by atoms with Gasteiger partial charge in [0.1, 0.15) is 0 Å². The highest BCUT2D eigenvalue weighted by molar-refractivity contribution is 5.76. The number of carbonyl (C=O) groups excluding carboxylic acids is 1. The van der Waals surface area contributed by atoms with Crippen LogP contribution in [0.2, 0.25) is 0 Å². The van der Waals surface area contributed by atoms with Crippen LogP contribution in [-0.4, -0.2) is 12.5 Å². The molecular formula is C13H21NO. The molecule has 2 saturated carbocycles. The predicted molar refractivity (Wildman–Crippen MR) is 61.4 cm³/mol. The molecule has 2 bridgehead atoms. The van der Waals surface area contributed by atoms with Crippen LogP contribution in [0.4, 0.5) is 0 Å². The Morgan fingerprint density at radius 1 is 1.40 bits per heavy atom. The summed E-state index contributed by atoms with van der Waals surface area (Å²) in [7, 11) is 0. The molecule has 3 unspecified atom stereocenters. The van der Waals surface area contributed by atoms with Crippen LogP contribution >= 0.6 is 0 Å². The first-order chi connectivity index (χ1) is 7.29. The Balaban J connectivity index is 1.68. The average molecular weight is 207 g/mol. The maximum atomic E-state index is 11.6. The molecule has 1 amide bonds. The van der Waals surface area contributed by atoms with Gasteiger partial charge < -0.3 is 5.32 Å². The van der Waals surface area contributed by atoms with Crippen LogP contribution < -0.4 is 5.32 Å². The van der Waals surface area contributed by atoms with E-state index >= 15 is 0 Å². The molecular weight excluding hydrogens is 186 g/mol. The fourth-order valence-corrected chi connectivity index (χ4v) is 3.25. The fraction of sp³-hybridized carbons (Fsp3) is 0.769. The van der Waals surface area contributed by atoms with E-state index in [9.17, 15) is 4.79 Å². The first kappa shape index (κ1) is 10.7. The van der Waals surface area contributed by atoms with Crippen molar-refractivity contribution in [3.05, 3.63) is 12.7 Å². The summed E-state index contributed by atoms with van der Waals surface area (Å²) in [4.78, 5) is 11.6. The Bertz CT molecular complexity index is 249. The highest BCUT2D eigenvalue weighted by atomic mass is 16.1. The van der Waals surface area contributed by atoms with Crippen molar-refractivity contribution >= 4 is 5.91 Å². The van der Waals surface area contributed by atoms with Gasteiger partial charge in [-0.15, -0.1) is 6.58 Å². The van der Waals surface area contributed by atoms with Crippen molar-refractivity contribution in [1.82, 2.24) is 5.32 Å². The monoisotopic (exact) mass is 207 g/mol. The second-order valence-electron chi connectivity index (χ2n) is 5.07. The van der Waals surface area contributed by atoms with Crippen molar-refractivity contribution in [3.63, 3.8) is 0 Å². The van der Waals surface area contributed by atoms with E-state index in [1.54, 1.807) is 0 Å². The van der Waals surface area contributed by atoms with Crippen LogP contribution in [0.25, 0.3) is 0 Å². The van der Waals surface area contributed by atoms with Crippen LogP contribution in [0.5, 0.6) is 0 Å². The van der Waals surface area contributed by atoms with Gasteiger partial charge in [-0.1, -0.05) is 12.5 Å². The number of hydrogen-bond acceptors (Lipinski definition) is 1. The molecule has 0 aromatic heterocycles.